The molecule has 5 nitrogen and oxygen atoms in total. The Labute approximate surface area is 80.5 Å². The molecule has 0 radical (unpaired) electrons. The van der Waals surface area contributed by atoms with Gasteiger partial charge in [0.1, 0.15) is 0 Å². The van der Waals surface area contributed by atoms with Crippen LogP contribution in [0.2, 0.25) is 0 Å². The number of rotatable bonds is 7. The van der Waals surface area contributed by atoms with Crippen LogP contribution in [0.3, 0.4) is 0 Å². The van der Waals surface area contributed by atoms with Crippen molar-refractivity contribution in [2.45, 2.75) is 18.9 Å². The van der Waals surface area contributed by atoms with E-state index < -0.39 is 18.0 Å². The van der Waals surface area contributed by atoms with E-state index in [4.69, 9.17) is 10.2 Å². The first kappa shape index (κ1) is 12.2. The van der Waals surface area contributed by atoms with Gasteiger partial charge in [0.25, 0.3) is 0 Å². The van der Waals surface area contributed by atoms with Crippen LogP contribution in [0.25, 0.3) is 0 Å². The van der Waals surface area contributed by atoms with Crippen LogP contribution < -0.4 is 5.32 Å². The van der Waals surface area contributed by atoms with Gasteiger partial charge in [-0.25, -0.2) is 0 Å². The van der Waals surface area contributed by atoms with Crippen LogP contribution in [-0.4, -0.2) is 40.3 Å². The zero-order chi connectivity index (χ0) is 10.3. The second kappa shape index (κ2) is 6.73. The molecule has 0 aromatic heterocycles. The number of nitrogens with one attached hydrogen (secondary N) is 1. The van der Waals surface area contributed by atoms with Crippen molar-refractivity contribution in [1.29, 1.82) is 0 Å². The molecule has 6 heteroatoms. The van der Waals surface area contributed by atoms with Crippen LogP contribution in [0.5, 0.6) is 0 Å². The van der Waals surface area contributed by atoms with Gasteiger partial charge in [0.05, 0.1) is 12.8 Å². The lowest BCUT2D eigenvalue weighted by molar-refractivity contribution is -0.139. The van der Waals surface area contributed by atoms with E-state index in [-0.39, 0.29) is 12.8 Å². The Morgan fingerprint density at radius 1 is 1.31 bits per heavy atom. The number of carbonyl (C=O) groups is 2. The number of hydrogen-bond donors (Lipinski definition) is 3. The smallest absolute Gasteiger partial charge is 0.304 e. The Balaban J connectivity index is 3.87. The van der Waals surface area contributed by atoms with Gasteiger partial charge in [0, 0.05) is 11.9 Å². The topological polar surface area (TPSA) is 86.6 Å². The highest BCUT2D eigenvalue weighted by Gasteiger charge is 2.15. The number of thioether (sulfide) groups is 1. The summed E-state index contributed by atoms with van der Waals surface area (Å²) in [7, 11) is 0. The number of hydrogen-bond acceptors (Lipinski definition) is 4. The molecule has 0 spiro atoms. The molecule has 0 aliphatic carbocycles. The molecule has 13 heavy (non-hydrogen) atoms. The van der Waals surface area contributed by atoms with Crippen molar-refractivity contribution in [1.82, 2.24) is 5.32 Å². The molecule has 0 bridgehead atoms. The first-order valence-corrected chi connectivity index (χ1v) is 5.11. The molecule has 0 heterocycles. The van der Waals surface area contributed by atoms with Crippen molar-refractivity contribution in [3.8, 4) is 0 Å². The number of carboxylic acids is 2. The molecule has 0 fully saturated rings. The Hall–Kier alpha value is -0.750. The van der Waals surface area contributed by atoms with E-state index in [0.717, 1.165) is 0 Å². The standard InChI is InChI=1S/C7H13NO4S/c1-13-4-8-5(2-6(9)10)3-7(11)12/h5,8H,2-4H2,1H3,(H,9,10)(H,11,12). The van der Waals surface area contributed by atoms with Gasteiger partial charge in [0.15, 0.2) is 0 Å². The summed E-state index contributed by atoms with van der Waals surface area (Å²) in [6.45, 7) is 0. The SMILES string of the molecule is CSCNC(CC(=O)O)CC(=O)O. The first-order valence-electron chi connectivity index (χ1n) is 3.72. The Morgan fingerprint density at radius 2 is 1.77 bits per heavy atom. The monoisotopic (exact) mass is 207 g/mol. The molecule has 0 saturated heterocycles. The molecule has 3 N–H and O–H groups in total. The van der Waals surface area contributed by atoms with E-state index in [1.165, 1.54) is 11.8 Å². The van der Waals surface area contributed by atoms with Crippen LogP contribution in [0.15, 0.2) is 0 Å². The molecule has 0 aliphatic rings. The highest BCUT2D eigenvalue weighted by molar-refractivity contribution is 7.98. The van der Waals surface area contributed by atoms with Gasteiger partial charge in [-0.15, -0.1) is 11.8 Å². The molecule has 0 unspecified atom stereocenters. The molecule has 76 valence electrons. The summed E-state index contributed by atoms with van der Waals surface area (Å²) in [4.78, 5) is 20.6. The molecular formula is C7H13NO4S. The van der Waals surface area contributed by atoms with Crippen LogP contribution in [0, 0.1) is 0 Å². The predicted octanol–water partition coefficient (Wildman–Crippen LogP) is 0.214. The lowest BCUT2D eigenvalue weighted by atomic mass is 10.1. The fourth-order valence-corrected chi connectivity index (χ4v) is 1.24. The average molecular weight is 207 g/mol. The first-order chi connectivity index (χ1) is 6.06. The number of carboxylic acid groups (broad SMARTS) is 2. The largest absolute Gasteiger partial charge is 0.481 e. The van der Waals surface area contributed by atoms with Crippen LogP contribution >= 0.6 is 11.8 Å². The second-order valence-corrected chi connectivity index (χ2v) is 3.40. The maximum atomic E-state index is 10.3. The predicted molar refractivity (Wildman–Crippen MR) is 49.8 cm³/mol. The van der Waals surface area contributed by atoms with Gasteiger partial charge in [-0.1, -0.05) is 0 Å². The Morgan fingerprint density at radius 3 is 2.08 bits per heavy atom. The fraction of sp³-hybridized carbons (Fsp3) is 0.714. The van der Waals surface area contributed by atoms with E-state index in [0.29, 0.717) is 5.88 Å². The lowest BCUT2D eigenvalue weighted by Crippen LogP contribution is -2.33. The third kappa shape index (κ3) is 7.61. The fourth-order valence-electron chi connectivity index (χ4n) is 0.839. The summed E-state index contributed by atoms with van der Waals surface area (Å²) < 4.78 is 0. The van der Waals surface area contributed by atoms with Crippen molar-refractivity contribution in [2.75, 3.05) is 12.1 Å². The van der Waals surface area contributed by atoms with Crippen LogP contribution in [-0.2, 0) is 9.59 Å². The van der Waals surface area contributed by atoms with Crippen LogP contribution in [0.4, 0.5) is 0 Å². The molecular weight excluding hydrogens is 194 g/mol. The minimum Gasteiger partial charge on any atom is -0.481 e. The summed E-state index contributed by atoms with van der Waals surface area (Å²) in [5, 5.41) is 19.7. The minimum atomic E-state index is -0.986. The molecule has 0 aliphatic heterocycles. The summed E-state index contributed by atoms with van der Waals surface area (Å²) in [6, 6.07) is -0.484. The molecule has 0 aromatic rings. The molecule has 0 atom stereocenters. The average Bonchev–Trinajstić information content (AvgIpc) is 1.98. The van der Waals surface area contributed by atoms with Crippen LogP contribution in [0.1, 0.15) is 12.8 Å². The zero-order valence-electron chi connectivity index (χ0n) is 7.32. The molecule has 0 rings (SSSR count). The van der Waals surface area contributed by atoms with Gasteiger partial charge >= 0.3 is 11.9 Å². The normalized spacial score (nSPS) is 10.3. The zero-order valence-corrected chi connectivity index (χ0v) is 8.13. The molecule has 0 aromatic carbocycles. The third-order valence-electron chi connectivity index (χ3n) is 1.36. The Kier molecular flexibility index (Phi) is 6.34. The summed E-state index contributed by atoms with van der Waals surface area (Å²) in [5.74, 6) is -1.41. The highest BCUT2D eigenvalue weighted by Crippen LogP contribution is 2.00. The van der Waals surface area contributed by atoms with Gasteiger partial charge in [0.2, 0.25) is 0 Å². The number of aliphatic carboxylic acids is 2. The van der Waals surface area contributed by atoms with Gasteiger partial charge < -0.3 is 15.5 Å². The minimum absolute atomic E-state index is 0.160. The molecule has 0 saturated carbocycles. The van der Waals surface area contributed by atoms with E-state index in [1.54, 1.807) is 0 Å². The lowest BCUT2D eigenvalue weighted by Gasteiger charge is -2.13. The van der Waals surface area contributed by atoms with E-state index in [9.17, 15) is 9.59 Å². The van der Waals surface area contributed by atoms with E-state index in [1.807, 2.05) is 6.26 Å². The molecule has 0 amide bonds. The van der Waals surface area contributed by atoms with Gasteiger partial charge in [-0.05, 0) is 6.26 Å². The quantitative estimate of drug-likeness (QED) is 0.517. The maximum absolute atomic E-state index is 10.3. The van der Waals surface area contributed by atoms with E-state index >= 15 is 0 Å². The summed E-state index contributed by atoms with van der Waals surface area (Å²) >= 11 is 1.49. The Bertz CT molecular complexity index is 169. The van der Waals surface area contributed by atoms with Crippen molar-refractivity contribution in [2.24, 2.45) is 0 Å². The van der Waals surface area contributed by atoms with Crippen molar-refractivity contribution < 1.29 is 19.8 Å². The van der Waals surface area contributed by atoms with Crippen molar-refractivity contribution in [3.63, 3.8) is 0 Å². The van der Waals surface area contributed by atoms with Gasteiger partial charge in [-0.3, -0.25) is 9.59 Å². The maximum Gasteiger partial charge on any atom is 0.304 e. The summed E-state index contributed by atoms with van der Waals surface area (Å²) in [6.07, 6.45) is 1.53. The van der Waals surface area contributed by atoms with Crippen molar-refractivity contribution >= 4 is 23.7 Å². The summed E-state index contributed by atoms with van der Waals surface area (Å²) in [5.41, 5.74) is 0. The van der Waals surface area contributed by atoms with Crippen molar-refractivity contribution in [3.05, 3.63) is 0 Å². The second-order valence-electron chi connectivity index (χ2n) is 2.53. The van der Waals surface area contributed by atoms with E-state index in [2.05, 4.69) is 5.32 Å². The third-order valence-corrected chi connectivity index (χ3v) is 1.81. The van der Waals surface area contributed by atoms with Gasteiger partial charge in [-0.2, -0.15) is 0 Å². The highest BCUT2D eigenvalue weighted by atomic mass is 32.2.